The summed E-state index contributed by atoms with van der Waals surface area (Å²) in [5, 5.41) is 4.72. The van der Waals surface area contributed by atoms with Gasteiger partial charge in [-0.05, 0) is 12.3 Å². The summed E-state index contributed by atoms with van der Waals surface area (Å²) in [6, 6.07) is 7.07. The molecule has 112 valence electrons. The van der Waals surface area contributed by atoms with Gasteiger partial charge in [0.05, 0.1) is 11.6 Å². The highest BCUT2D eigenvalue weighted by Crippen LogP contribution is 2.24. The number of nitrogens with zero attached hydrogens (tertiary/aromatic N) is 1. The van der Waals surface area contributed by atoms with Crippen molar-refractivity contribution in [2.75, 3.05) is 14.2 Å². The van der Waals surface area contributed by atoms with Gasteiger partial charge in [-0.2, -0.15) is 0 Å². The number of aromatic nitrogens is 1. The van der Waals surface area contributed by atoms with Gasteiger partial charge in [-0.3, -0.25) is 4.79 Å². The second kappa shape index (κ2) is 6.85. The van der Waals surface area contributed by atoms with E-state index >= 15 is 0 Å². The molecule has 1 heterocycles. The first kappa shape index (κ1) is 15.7. The highest BCUT2D eigenvalue weighted by molar-refractivity contribution is 6.34. The number of halogens is 1. The van der Waals surface area contributed by atoms with Gasteiger partial charge in [0.1, 0.15) is 5.15 Å². The Labute approximate surface area is 128 Å². The van der Waals surface area contributed by atoms with Gasteiger partial charge in [-0.15, -0.1) is 0 Å². The highest BCUT2D eigenvalue weighted by atomic mass is 35.5. The molecule has 2 rings (SSSR count). The number of rotatable bonds is 5. The Kier molecular flexibility index (Phi) is 5.12. The minimum atomic E-state index is -0.513. The second-order valence-corrected chi connectivity index (χ2v) is 4.97. The molecule has 21 heavy (non-hydrogen) atoms. The van der Waals surface area contributed by atoms with Gasteiger partial charge in [0, 0.05) is 25.8 Å². The van der Waals surface area contributed by atoms with E-state index in [2.05, 4.69) is 10.3 Å². The Morgan fingerprint density at radius 2 is 1.86 bits per heavy atom. The van der Waals surface area contributed by atoms with Crippen molar-refractivity contribution in [3.63, 3.8) is 0 Å². The molecule has 0 radical (unpaired) electrons. The summed E-state index contributed by atoms with van der Waals surface area (Å²) in [7, 11) is 3.05. The Balaban J connectivity index is 2.30. The first-order valence-corrected chi connectivity index (χ1v) is 6.86. The van der Waals surface area contributed by atoms with E-state index in [0.29, 0.717) is 10.7 Å². The molecule has 0 aliphatic heterocycles. The molecular formula is C15H17ClN2O3. The average Bonchev–Trinajstić information content (AvgIpc) is 2.49. The van der Waals surface area contributed by atoms with E-state index in [0.717, 1.165) is 10.8 Å². The predicted octanol–water partition coefficient (Wildman–Crippen LogP) is 2.63. The molecule has 1 aromatic carbocycles. The van der Waals surface area contributed by atoms with Gasteiger partial charge in [0.2, 0.25) is 0 Å². The normalized spacial score (nSPS) is 12.6. The average molecular weight is 309 g/mol. The zero-order valence-corrected chi connectivity index (χ0v) is 12.8. The van der Waals surface area contributed by atoms with E-state index in [4.69, 9.17) is 21.1 Å². The number of fused-ring (bicyclic) bond motifs is 1. The number of carbonyl (C=O) groups excluding carboxylic acids is 1. The fraction of sp³-hybridized carbons (Fsp3) is 0.333. The third kappa shape index (κ3) is 3.32. The number of ether oxygens (including phenoxy) is 2. The molecule has 1 N–H and O–H groups in total. The maximum Gasteiger partial charge on any atom is 0.253 e. The van der Waals surface area contributed by atoms with E-state index in [-0.39, 0.29) is 11.9 Å². The van der Waals surface area contributed by atoms with Crippen LogP contribution in [0.1, 0.15) is 17.3 Å². The van der Waals surface area contributed by atoms with E-state index in [1.54, 1.807) is 6.92 Å². The lowest BCUT2D eigenvalue weighted by Gasteiger charge is -2.22. The SMILES string of the molecule is COC(OC)C(C)NC(=O)c1cnc(Cl)c2ccccc12. The molecule has 1 aromatic heterocycles. The van der Waals surface area contributed by atoms with Crippen LogP contribution in [0.5, 0.6) is 0 Å². The summed E-state index contributed by atoms with van der Waals surface area (Å²) in [6.45, 7) is 1.81. The van der Waals surface area contributed by atoms with Crippen molar-refractivity contribution in [3.05, 3.63) is 41.2 Å². The Morgan fingerprint density at radius 3 is 2.48 bits per heavy atom. The predicted molar refractivity (Wildman–Crippen MR) is 81.5 cm³/mol. The topological polar surface area (TPSA) is 60.5 Å². The monoisotopic (exact) mass is 308 g/mol. The maximum absolute atomic E-state index is 12.4. The van der Waals surface area contributed by atoms with E-state index in [9.17, 15) is 4.79 Å². The number of hydrogen-bond acceptors (Lipinski definition) is 4. The van der Waals surface area contributed by atoms with Crippen molar-refractivity contribution in [2.24, 2.45) is 0 Å². The van der Waals surface area contributed by atoms with Crippen LogP contribution in [-0.4, -0.2) is 37.4 Å². The largest absolute Gasteiger partial charge is 0.354 e. The third-order valence-electron chi connectivity index (χ3n) is 3.22. The number of benzene rings is 1. The molecule has 0 aliphatic carbocycles. The molecule has 0 bridgehead atoms. The standard InChI is InChI=1S/C15H17ClN2O3/c1-9(15(20-2)21-3)18-14(19)12-8-17-13(16)11-7-5-4-6-10(11)12/h4-9,15H,1-3H3,(H,18,19). The molecule has 0 aliphatic rings. The van der Waals surface area contributed by atoms with Crippen LogP contribution in [0.15, 0.2) is 30.5 Å². The lowest BCUT2D eigenvalue weighted by molar-refractivity contribution is -0.117. The van der Waals surface area contributed by atoms with E-state index in [1.807, 2.05) is 24.3 Å². The zero-order chi connectivity index (χ0) is 15.4. The van der Waals surface area contributed by atoms with Crippen LogP contribution in [0.25, 0.3) is 10.8 Å². The van der Waals surface area contributed by atoms with Gasteiger partial charge in [0.15, 0.2) is 6.29 Å². The van der Waals surface area contributed by atoms with Crippen LogP contribution in [0.4, 0.5) is 0 Å². The van der Waals surface area contributed by atoms with Crippen molar-refractivity contribution in [1.82, 2.24) is 10.3 Å². The Morgan fingerprint density at radius 1 is 1.24 bits per heavy atom. The first-order chi connectivity index (χ1) is 10.1. The van der Waals surface area contributed by atoms with Crippen molar-refractivity contribution in [2.45, 2.75) is 19.3 Å². The van der Waals surface area contributed by atoms with Crippen LogP contribution in [0.2, 0.25) is 5.15 Å². The van der Waals surface area contributed by atoms with Crippen molar-refractivity contribution in [3.8, 4) is 0 Å². The summed E-state index contributed by atoms with van der Waals surface area (Å²) in [5.74, 6) is -0.248. The number of amides is 1. The fourth-order valence-corrected chi connectivity index (χ4v) is 2.41. The lowest BCUT2D eigenvalue weighted by atomic mass is 10.1. The number of carbonyl (C=O) groups is 1. The van der Waals surface area contributed by atoms with Crippen molar-refractivity contribution >= 4 is 28.3 Å². The minimum absolute atomic E-state index is 0.248. The molecule has 0 saturated heterocycles. The quantitative estimate of drug-likeness (QED) is 0.681. The van der Waals surface area contributed by atoms with E-state index < -0.39 is 6.29 Å². The van der Waals surface area contributed by atoms with Crippen LogP contribution in [-0.2, 0) is 9.47 Å². The summed E-state index contributed by atoms with van der Waals surface area (Å²) < 4.78 is 10.3. The van der Waals surface area contributed by atoms with Gasteiger partial charge in [-0.25, -0.2) is 4.98 Å². The zero-order valence-electron chi connectivity index (χ0n) is 12.1. The second-order valence-electron chi connectivity index (χ2n) is 4.61. The lowest BCUT2D eigenvalue weighted by Crippen LogP contribution is -2.43. The van der Waals surface area contributed by atoms with Crippen LogP contribution in [0.3, 0.4) is 0 Å². The highest BCUT2D eigenvalue weighted by Gasteiger charge is 2.20. The summed E-state index contributed by atoms with van der Waals surface area (Å²) in [5.41, 5.74) is 0.466. The molecule has 0 fully saturated rings. The van der Waals surface area contributed by atoms with Gasteiger partial charge in [-0.1, -0.05) is 35.9 Å². The van der Waals surface area contributed by atoms with Crippen LogP contribution < -0.4 is 5.32 Å². The molecule has 2 aromatic rings. The molecule has 0 saturated carbocycles. The number of pyridine rings is 1. The van der Waals surface area contributed by atoms with E-state index in [1.165, 1.54) is 20.4 Å². The Bertz CT molecular complexity index is 644. The molecule has 5 nitrogen and oxygen atoms in total. The number of nitrogens with one attached hydrogen (secondary N) is 1. The summed E-state index contributed by atoms with van der Waals surface area (Å²) in [4.78, 5) is 16.5. The molecular weight excluding hydrogens is 292 g/mol. The van der Waals surface area contributed by atoms with Gasteiger partial charge in [0.25, 0.3) is 5.91 Å². The number of methoxy groups -OCH3 is 2. The van der Waals surface area contributed by atoms with Crippen LogP contribution >= 0.6 is 11.6 Å². The smallest absolute Gasteiger partial charge is 0.253 e. The first-order valence-electron chi connectivity index (χ1n) is 6.48. The van der Waals surface area contributed by atoms with Gasteiger partial charge >= 0.3 is 0 Å². The molecule has 6 heteroatoms. The van der Waals surface area contributed by atoms with Crippen LogP contribution in [0, 0.1) is 0 Å². The summed E-state index contributed by atoms with van der Waals surface area (Å²) in [6.07, 6.45) is 0.960. The van der Waals surface area contributed by atoms with Crippen molar-refractivity contribution < 1.29 is 14.3 Å². The summed E-state index contributed by atoms with van der Waals surface area (Å²) >= 11 is 6.05. The third-order valence-corrected chi connectivity index (χ3v) is 3.52. The van der Waals surface area contributed by atoms with Gasteiger partial charge < -0.3 is 14.8 Å². The molecule has 0 spiro atoms. The number of hydrogen-bond donors (Lipinski definition) is 1. The fourth-order valence-electron chi connectivity index (χ4n) is 2.20. The molecule has 1 atom stereocenters. The molecule has 1 amide bonds. The van der Waals surface area contributed by atoms with Crippen molar-refractivity contribution in [1.29, 1.82) is 0 Å². The molecule has 1 unspecified atom stereocenters. The Hall–Kier alpha value is -1.69. The minimum Gasteiger partial charge on any atom is -0.354 e. The maximum atomic E-state index is 12.4.